The minimum Gasteiger partial charge on any atom is -0.493 e. The summed E-state index contributed by atoms with van der Waals surface area (Å²) in [7, 11) is 4.64. The molecular weight excluding hydrogens is 372 g/mol. The van der Waals surface area contributed by atoms with Crippen LogP contribution >= 0.6 is 0 Å². The Morgan fingerprint density at radius 1 is 1.00 bits per heavy atom. The lowest BCUT2D eigenvalue weighted by Gasteiger charge is -2.27. The molecule has 1 fully saturated rings. The number of benzene rings is 1. The molecule has 0 unspecified atom stereocenters. The topological polar surface area (TPSA) is 85.8 Å². The molecule has 3 rings (SSSR count). The van der Waals surface area contributed by atoms with Crippen molar-refractivity contribution in [1.82, 2.24) is 9.97 Å². The molecule has 1 amide bonds. The minimum absolute atomic E-state index is 0.290. The minimum atomic E-state index is -0.290. The largest absolute Gasteiger partial charge is 0.493 e. The summed E-state index contributed by atoms with van der Waals surface area (Å²) in [4.78, 5) is 23.0. The van der Waals surface area contributed by atoms with E-state index in [-0.39, 0.29) is 5.91 Å². The zero-order valence-electron chi connectivity index (χ0n) is 17.0. The zero-order valence-corrected chi connectivity index (χ0v) is 17.0. The van der Waals surface area contributed by atoms with Gasteiger partial charge in [0.25, 0.3) is 0 Å². The summed E-state index contributed by atoms with van der Waals surface area (Å²) in [6, 6.07) is 5.34. The number of nitrogens with zero attached hydrogens (tertiary/aromatic N) is 3. The van der Waals surface area contributed by atoms with Gasteiger partial charge in [0, 0.05) is 25.2 Å². The first-order valence-corrected chi connectivity index (χ1v) is 9.50. The number of nitrogens with one attached hydrogen (secondary N) is 1. The Bertz CT molecular complexity index is 854. The summed E-state index contributed by atoms with van der Waals surface area (Å²) in [6.45, 7) is 1.96. The van der Waals surface area contributed by atoms with Gasteiger partial charge in [-0.15, -0.1) is 0 Å². The van der Waals surface area contributed by atoms with Gasteiger partial charge in [-0.25, -0.2) is 9.97 Å². The number of piperidine rings is 1. The lowest BCUT2D eigenvalue weighted by Crippen LogP contribution is -2.30. The van der Waals surface area contributed by atoms with Gasteiger partial charge in [-0.1, -0.05) is 0 Å². The van der Waals surface area contributed by atoms with Gasteiger partial charge in [0.1, 0.15) is 18.0 Å². The second-order valence-electron chi connectivity index (χ2n) is 6.59. The van der Waals surface area contributed by atoms with Gasteiger partial charge in [0.15, 0.2) is 11.5 Å². The number of rotatable bonds is 7. The molecule has 1 N–H and O–H groups in total. The number of hydrogen-bond donors (Lipinski definition) is 1. The zero-order chi connectivity index (χ0) is 20.6. The van der Waals surface area contributed by atoms with Crippen molar-refractivity contribution in [2.24, 2.45) is 0 Å². The third-order valence-electron chi connectivity index (χ3n) is 4.70. The molecule has 1 aliphatic rings. The van der Waals surface area contributed by atoms with Crippen LogP contribution in [0.3, 0.4) is 0 Å². The normalized spacial score (nSPS) is 14.0. The summed E-state index contributed by atoms with van der Waals surface area (Å²) in [5.74, 6) is 2.57. The van der Waals surface area contributed by atoms with E-state index in [0.29, 0.717) is 23.1 Å². The van der Waals surface area contributed by atoms with Crippen LogP contribution < -0.4 is 24.4 Å². The van der Waals surface area contributed by atoms with Crippen LogP contribution in [0.5, 0.6) is 17.2 Å². The Balaban J connectivity index is 1.70. The van der Waals surface area contributed by atoms with Crippen molar-refractivity contribution in [3.8, 4) is 17.2 Å². The Labute approximate surface area is 170 Å². The molecule has 2 heterocycles. The Morgan fingerprint density at radius 2 is 1.69 bits per heavy atom. The first-order chi connectivity index (χ1) is 14.1. The maximum absolute atomic E-state index is 12.3. The molecule has 0 radical (unpaired) electrons. The highest BCUT2D eigenvalue weighted by atomic mass is 16.5. The summed E-state index contributed by atoms with van der Waals surface area (Å²) < 4.78 is 16.0. The number of anilines is 2. The molecule has 0 atom stereocenters. The second-order valence-corrected chi connectivity index (χ2v) is 6.59. The predicted octanol–water partition coefficient (Wildman–Crippen LogP) is 3.14. The van der Waals surface area contributed by atoms with Crippen molar-refractivity contribution in [1.29, 1.82) is 0 Å². The highest BCUT2D eigenvalue weighted by Crippen LogP contribution is 2.38. The van der Waals surface area contributed by atoms with Gasteiger partial charge in [-0.05, 0) is 43.0 Å². The standard InChI is InChI=1S/C21H26N4O4/c1-27-16-11-15(12-17(28-2)21(16)29-3)7-8-20(26)24-18-13-19(23-14-22-18)25-9-5-4-6-10-25/h7-8,11-14H,4-6,9-10H2,1-3H3,(H,22,23,24,26). The quantitative estimate of drug-likeness (QED) is 0.717. The number of methoxy groups -OCH3 is 3. The summed E-state index contributed by atoms with van der Waals surface area (Å²) in [5.41, 5.74) is 0.742. The van der Waals surface area contributed by atoms with E-state index in [2.05, 4.69) is 20.2 Å². The molecule has 1 saturated heterocycles. The maximum Gasteiger partial charge on any atom is 0.249 e. The van der Waals surface area contributed by atoms with E-state index >= 15 is 0 Å². The molecule has 8 heteroatoms. The maximum atomic E-state index is 12.3. The molecule has 0 aliphatic carbocycles. The molecule has 0 spiro atoms. The number of carbonyl (C=O) groups excluding carboxylic acids is 1. The molecule has 0 saturated carbocycles. The number of ether oxygens (including phenoxy) is 3. The third-order valence-corrected chi connectivity index (χ3v) is 4.70. The fourth-order valence-corrected chi connectivity index (χ4v) is 3.25. The van der Waals surface area contributed by atoms with Gasteiger partial charge >= 0.3 is 0 Å². The van der Waals surface area contributed by atoms with Crippen LogP contribution in [0.1, 0.15) is 24.8 Å². The van der Waals surface area contributed by atoms with Crippen molar-refractivity contribution >= 4 is 23.6 Å². The van der Waals surface area contributed by atoms with Gasteiger partial charge in [-0.2, -0.15) is 0 Å². The molecule has 29 heavy (non-hydrogen) atoms. The molecule has 1 aromatic heterocycles. The van der Waals surface area contributed by atoms with Crippen LogP contribution in [0.25, 0.3) is 6.08 Å². The molecule has 1 aromatic carbocycles. The number of hydrogen-bond acceptors (Lipinski definition) is 7. The lowest BCUT2D eigenvalue weighted by atomic mass is 10.1. The van der Waals surface area contributed by atoms with Crippen molar-refractivity contribution in [2.45, 2.75) is 19.3 Å². The smallest absolute Gasteiger partial charge is 0.249 e. The summed E-state index contributed by atoms with van der Waals surface area (Å²) in [6.07, 6.45) is 8.14. The fraction of sp³-hybridized carbons (Fsp3) is 0.381. The van der Waals surface area contributed by atoms with E-state index in [1.807, 2.05) is 0 Å². The predicted molar refractivity (Wildman–Crippen MR) is 112 cm³/mol. The van der Waals surface area contributed by atoms with Crippen LogP contribution in [0, 0.1) is 0 Å². The Hall–Kier alpha value is -3.29. The first-order valence-electron chi connectivity index (χ1n) is 9.50. The van der Waals surface area contributed by atoms with Crippen LogP contribution in [-0.4, -0.2) is 50.3 Å². The third kappa shape index (κ3) is 5.16. The SMILES string of the molecule is COc1cc(C=CC(=O)Nc2cc(N3CCCCC3)ncn2)cc(OC)c1OC. The van der Waals surface area contributed by atoms with Crippen molar-refractivity contribution in [3.63, 3.8) is 0 Å². The van der Waals surface area contributed by atoms with Crippen molar-refractivity contribution in [2.75, 3.05) is 44.6 Å². The fourth-order valence-electron chi connectivity index (χ4n) is 3.25. The van der Waals surface area contributed by atoms with E-state index in [4.69, 9.17) is 14.2 Å². The number of amides is 1. The molecular formula is C21H26N4O4. The molecule has 2 aromatic rings. The van der Waals surface area contributed by atoms with Crippen LogP contribution in [0.4, 0.5) is 11.6 Å². The monoisotopic (exact) mass is 398 g/mol. The van der Waals surface area contributed by atoms with E-state index in [1.54, 1.807) is 45.6 Å². The molecule has 154 valence electrons. The Morgan fingerprint density at radius 3 is 2.31 bits per heavy atom. The Kier molecular flexibility index (Phi) is 6.89. The molecule has 8 nitrogen and oxygen atoms in total. The van der Waals surface area contributed by atoms with E-state index in [9.17, 15) is 4.79 Å². The molecule has 1 aliphatic heterocycles. The van der Waals surface area contributed by atoms with Crippen LogP contribution in [0.15, 0.2) is 30.6 Å². The van der Waals surface area contributed by atoms with Crippen LogP contribution in [0.2, 0.25) is 0 Å². The highest BCUT2D eigenvalue weighted by molar-refractivity contribution is 6.01. The van der Waals surface area contributed by atoms with Crippen molar-refractivity contribution in [3.05, 3.63) is 36.2 Å². The van der Waals surface area contributed by atoms with Crippen molar-refractivity contribution < 1.29 is 19.0 Å². The van der Waals surface area contributed by atoms with Crippen LogP contribution in [-0.2, 0) is 4.79 Å². The first kappa shape index (κ1) is 20.4. The average Bonchev–Trinajstić information content (AvgIpc) is 2.77. The summed E-state index contributed by atoms with van der Waals surface area (Å²) in [5, 5.41) is 2.78. The van der Waals surface area contributed by atoms with E-state index in [0.717, 1.165) is 37.3 Å². The average molecular weight is 398 g/mol. The van der Waals surface area contributed by atoms with Gasteiger partial charge in [0.2, 0.25) is 11.7 Å². The van der Waals surface area contributed by atoms with Gasteiger partial charge < -0.3 is 24.4 Å². The van der Waals surface area contributed by atoms with E-state index in [1.165, 1.54) is 18.8 Å². The second kappa shape index (κ2) is 9.77. The number of aromatic nitrogens is 2. The lowest BCUT2D eigenvalue weighted by molar-refractivity contribution is -0.111. The summed E-state index contributed by atoms with van der Waals surface area (Å²) >= 11 is 0. The number of carbonyl (C=O) groups is 1. The van der Waals surface area contributed by atoms with Gasteiger partial charge in [0.05, 0.1) is 21.3 Å². The van der Waals surface area contributed by atoms with Gasteiger partial charge in [-0.3, -0.25) is 4.79 Å². The molecule has 0 bridgehead atoms. The van der Waals surface area contributed by atoms with E-state index < -0.39 is 0 Å². The highest BCUT2D eigenvalue weighted by Gasteiger charge is 2.14.